The lowest BCUT2D eigenvalue weighted by atomic mass is 9.78. The molecule has 0 heterocycles. The van der Waals surface area contributed by atoms with E-state index in [1.54, 1.807) is 27.7 Å². The van der Waals surface area contributed by atoms with E-state index in [2.05, 4.69) is 43.2 Å². The number of hydrogen-bond donors (Lipinski definition) is 4. The van der Waals surface area contributed by atoms with E-state index in [-0.39, 0.29) is 30.5 Å². The predicted molar refractivity (Wildman–Crippen MR) is 213 cm³/mol. The van der Waals surface area contributed by atoms with Gasteiger partial charge in [-0.25, -0.2) is 9.36 Å². The number of phosphoric acid groups is 1. The van der Waals surface area contributed by atoms with Gasteiger partial charge in [0.1, 0.15) is 5.75 Å². The van der Waals surface area contributed by atoms with Gasteiger partial charge in [-0.3, -0.25) is 19.4 Å². The van der Waals surface area contributed by atoms with Crippen molar-refractivity contribution in [1.82, 2.24) is 0 Å². The van der Waals surface area contributed by atoms with Gasteiger partial charge < -0.3 is 29.5 Å². The Bertz CT molecular complexity index is 1790. The lowest BCUT2D eigenvalue weighted by Gasteiger charge is -2.31. The number of carbonyl (C=O) groups excluding carboxylic acids is 3. The third kappa shape index (κ3) is 13.8. The van der Waals surface area contributed by atoms with E-state index in [1.165, 1.54) is 6.07 Å². The lowest BCUT2D eigenvalue weighted by Crippen LogP contribution is -2.32. The zero-order valence-electron chi connectivity index (χ0n) is 33.3. The molecule has 0 spiro atoms. The summed E-state index contributed by atoms with van der Waals surface area (Å²) in [6.07, 6.45) is 0.448. The molecule has 12 nitrogen and oxygen atoms in total. The molecule has 13 heteroatoms. The Morgan fingerprint density at radius 3 is 2.02 bits per heavy atom. The number of rotatable bonds is 18. The number of aryl methyl sites for hydroxylation is 3. The number of hydrogen-bond acceptors (Lipinski definition) is 8. The van der Waals surface area contributed by atoms with Crippen molar-refractivity contribution in [2.24, 2.45) is 11.8 Å². The minimum absolute atomic E-state index is 0.0125. The van der Waals surface area contributed by atoms with Gasteiger partial charge >= 0.3 is 25.8 Å². The molecule has 3 rings (SSSR count). The van der Waals surface area contributed by atoms with Crippen molar-refractivity contribution in [2.45, 2.75) is 99.8 Å². The summed E-state index contributed by atoms with van der Waals surface area (Å²) in [6, 6.07) is 16.4. The second-order valence-electron chi connectivity index (χ2n) is 15.5. The number of urea groups is 1. The molecule has 0 bridgehead atoms. The summed E-state index contributed by atoms with van der Waals surface area (Å²) in [4.78, 5) is 60.4. The van der Waals surface area contributed by atoms with Crippen molar-refractivity contribution < 1.29 is 42.7 Å². The maximum atomic E-state index is 13.3. The number of nitrogens with zero attached hydrogens (tertiary/aromatic N) is 1. The largest absolute Gasteiger partial charge is 0.524 e. The van der Waals surface area contributed by atoms with Crippen LogP contribution in [0, 0.1) is 32.6 Å². The zero-order chi connectivity index (χ0) is 40.4. The van der Waals surface area contributed by atoms with Crippen LogP contribution in [0.4, 0.5) is 21.9 Å². The molecular formula is C41H58N3O9P. The molecule has 1 atom stereocenters. The third-order valence-electron chi connectivity index (χ3n) is 8.83. The quantitative estimate of drug-likeness (QED) is 0.0558. The molecule has 3 aromatic rings. The highest BCUT2D eigenvalue weighted by molar-refractivity contribution is 7.46. The summed E-state index contributed by atoms with van der Waals surface area (Å²) in [5.74, 6) is -0.727. The maximum absolute atomic E-state index is 13.3. The van der Waals surface area contributed by atoms with Crippen LogP contribution in [-0.4, -0.2) is 47.6 Å². The van der Waals surface area contributed by atoms with Gasteiger partial charge in [-0.05, 0) is 92.0 Å². The van der Waals surface area contributed by atoms with Gasteiger partial charge in [0.15, 0.2) is 0 Å². The van der Waals surface area contributed by atoms with Gasteiger partial charge in [0.25, 0.3) is 0 Å². The van der Waals surface area contributed by atoms with Crippen molar-refractivity contribution in [3.63, 3.8) is 0 Å². The molecule has 0 aliphatic rings. The first-order valence-corrected chi connectivity index (χ1v) is 19.9. The Balaban J connectivity index is 1.73. The highest BCUT2D eigenvalue weighted by Gasteiger charge is 2.33. The molecule has 4 N–H and O–H groups in total. The minimum atomic E-state index is -4.86. The van der Waals surface area contributed by atoms with Crippen LogP contribution < -0.4 is 20.1 Å². The first-order chi connectivity index (χ1) is 25.2. The Hall–Kier alpha value is -4.38. The molecule has 296 valence electrons. The fourth-order valence-corrected chi connectivity index (χ4v) is 7.07. The number of carbonyl (C=O) groups is 3. The third-order valence-corrected chi connectivity index (χ3v) is 9.27. The minimum Gasteiger partial charge on any atom is -0.428 e. The highest BCUT2D eigenvalue weighted by Crippen LogP contribution is 2.45. The number of nitrogens with one attached hydrogen (secondary N) is 2. The van der Waals surface area contributed by atoms with Crippen LogP contribution in [0.15, 0.2) is 54.6 Å². The van der Waals surface area contributed by atoms with Gasteiger partial charge in [0, 0.05) is 29.8 Å². The van der Waals surface area contributed by atoms with Gasteiger partial charge in [-0.2, -0.15) is 0 Å². The van der Waals surface area contributed by atoms with Crippen molar-refractivity contribution >= 4 is 42.9 Å². The van der Waals surface area contributed by atoms with E-state index >= 15 is 0 Å². The number of anilines is 3. The van der Waals surface area contributed by atoms with Crippen molar-refractivity contribution in [1.29, 1.82) is 0 Å². The molecule has 3 aromatic carbocycles. The van der Waals surface area contributed by atoms with Gasteiger partial charge in [0.05, 0.1) is 24.2 Å². The predicted octanol–water partition coefficient (Wildman–Crippen LogP) is 9.14. The fraction of sp³-hybridized carbons (Fsp3) is 0.488. The molecule has 0 unspecified atom stereocenters. The molecule has 54 heavy (non-hydrogen) atoms. The fourth-order valence-electron chi connectivity index (χ4n) is 6.67. The normalized spacial score (nSPS) is 12.3. The SMILES string of the molecule is CC[C@@H](CC(=O)OCOC(=O)CC(C)(C)c1c(C)cc(C)cc1OP(=O)(O)O)c1ccc(N(CC(C)C)CC(C)C)c(NC(=O)Nc2ccc(C)cc2)c1. The van der Waals surface area contributed by atoms with Gasteiger partial charge in [-0.15, -0.1) is 0 Å². The Morgan fingerprint density at radius 1 is 0.833 bits per heavy atom. The molecule has 0 fully saturated rings. The highest BCUT2D eigenvalue weighted by atomic mass is 31.2. The standard InChI is InChI=1S/C41H58N3O9P/c1-11-31(21-37(45)51-25-52-38(46)22-41(9,10)39-30(8)18-29(7)19-36(39)53-54(48,49)50)32-14-17-35(44(23-26(2)3)24-27(4)5)34(20-32)43-40(47)42-33-15-12-28(6)13-16-33/h12-20,26-27,31H,11,21-25H2,1-10H3,(H2,42,43,47)(H2,48,49,50)/t31-/m0/s1. The number of esters is 2. The lowest BCUT2D eigenvalue weighted by molar-refractivity contribution is -0.168. The van der Waals surface area contributed by atoms with E-state index in [1.807, 2.05) is 62.4 Å². The Labute approximate surface area is 320 Å². The monoisotopic (exact) mass is 767 g/mol. The Kier molecular flexibility index (Phi) is 15.7. The van der Waals surface area contributed by atoms with Crippen LogP contribution in [0.3, 0.4) is 0 Å². The number of phosphoric ester groups is 1. The van der Waals surface area contributed by atoms with E-state index in [0.717, 1.165) is 35.5 Å². The van der Waals surface area contributed by atoms with E-state index in [9.17, 15) is 28.7 Å². The molecule has 0 aliphatic carbocycles. The average Bonchev–Trinajstić information content (AvgIpc) is 3.02. The van der Waals surface area contributed by atoms with Crippen molar-refractivity contribution in [2.75, 3.05) is 35.4 Å². The maximum Gasteiger partial charge on any atom is 0.524 e. The van der Waals surface area contributed by atoms with Crippen LogP contribution in [0.5, 0.6) is 5.75 Å². The van der Waals surface area contributed by atoms with E-state index in [0.29, 0.717) is 40.8 Å². The summed E-state index contributed by atoms with van der Waals surface area (Å²) < 4.78 is 27.3. The first kappa shape index (κ1) is 44.0. The van der Waals surface area contributed by atoms with Gasteiger partial charge in [0.2, 0.25) is 6.79 Å². The molecular weight excluding hydrogens is 709 g/mol. The molecule has 0 saturated carbocycles. The van der Waals surface area contributed by atoms with E-state index in [4.69, 9.17) is 14.0 Å². The smallest absolute Gasteiger partial charge is 0.428 e. The second kappa shape index (κ2) is 19.3. The number of amides is 2. The van der Waals surface area contributed by atoms with Crippen molar-refractivity contribution in [3.8, 4) is 5.75 Å². The summed E-state index contributed by atoms with van der Waals surface area (Å²) in [5, 5.41) is 5.97. The first-order valence-electron chi connectivity index (χ1n) is 18.4. The molecule has 0 radical (unpaired) electrons. The van der Waals surface area contributed by atoms with Crippen LogP contribution in [0.2, 0.25) is 0 Å². The topological polar surface area (TPSA) is 164 Å². The van der Waals surface area contributed by atoms with Crippen LogP contribution in [-0.2, 0) is 29.0 Å². The number of ether oxygens (including phenoxy) is 2. The molecule has 2 amide bonds. The molecule has 0 saturated heterocycles. The van der Waals surface area contributed by atoms with Crippen LogP contribution >= 0.6 is 7.82 Å². The summed E-state index contributed by atoms with van der Waals surface area (Å²) in [5.41, 5.74) is 5.05. The van der Waals surface area contributed by atoms with E-state index < -0.39 is 32.0 Å². The summed E-state index contributed by atoms with van der Waals surface area (Å²) >= 11 is 0. The number of benzene rings is 3. The van der Waals surface area contributed by atoms with Crippen molar-refractivity contribution in [3.05, 3.63) is 82.4 Å². The zero-order valence-corrected chi connectivity index (χ0v) is 34.2. The second-order valence-corrected chi connectivity index (χ2v) is 16.6. The molecule has 0 aliphatic heterocycles. The Morgan fingerprint density at radius 2 is 1.44 bits per heavy atom. The average molecular weight is 768 g/mol. The molecule has 0 aromatic heterocycles. The summed E-state index contributed by atoms with van der Waals surface area (Å²) in [7, 11) is -4.86. The van der Waals surface area contributed by atoms with Crippen LogP contribution in [0.25, 0.3) is 0 Å². The summed E-state index contributed by atoms with van der Waals surface area (Å²) in [6.45, 7) is 20.6. The van der Waals surface area contributed by atoms with Gasteiger partial charge in [-0.1, -0.05) is 78.3 Å². The van der Waals surface area contributed by atoms with Crippen LogP contribution in [0.1, 0.15) is 101 Å².